The van der Waals surface area contributed by atoms with Crippen molar-refractivity contribution < 1.29 is 9.59 Å². The second-order valence-electron chi connectivity index (χ2n) is 3.77. The molecule has 1 heterocycles. The summed E-state index contributed by atoms with van der Waals surface area (Å²) in [6.07, 6.45) is 1.57. The van der Waals surface area contributed by atoms with Crippen molar-refractivity contribution >= 4 is 11.8 Å². The van der Waals surface area contributed by atoms with Crippen molar-refractivity contribution in [3.63, 3.8) is 0 Å². The molecule has 1 unspecified atom stereocenters. The van der Waals surface area contributed by atoms with Gasteiger partial charge in [0, 0.05) is 20.0 Å². The molecule has 1 atom stereocenters. The van der Waals surface area contributed by atoms with E-state index in [0.29, 0.717) is 18.9 Å². The molecule has 0 radical (unpaired) electrons. The van der Waals surface area contributed by atoms with Gasteiger partial charge in [0.25, 0.3) is 0 Å². The molecule has 1 aliphatic heterocycles. The van der Waals surface area contributed by atoms with Gasteiger partial charge < -0.3 is 16.0 Å². The van der Waals surface area contributed by atoms with Crippen molar-refractivity contribution in [2.24, 2.45) is 11.7 Å². The third-order valence-corrected chi connectivity index (χ3v) is 2.49. The topological polar surface area (TPSA) is 75.4 Å². The third-order valence-electron chi connectivity index (χ3n) is 2.49. The molecule has 94 valence electrons. The number of likely N-dealkylation sites (tertiary alicyclic amines) is 1. The van der Waals surface area contributed by atoms with E-state index >= 15 is 0 Å². The number of nitrogens with one attached hydrogen (secondary N) is 1. The van der Waals surface area contributed by atoms with Gasteiger partial charge >= 0.3 is 0 Å². The van der Waals surface area contributed by atoms with Crippen LogP contribution >= 0.6 is 0 Å². The van der Waals surface area contributed by atoms with Gasteiger partial charge in [-0.2, -0.15) is 0 Å². The minimum atomic E-state index is -0.357. The summed E-state index contributed by atoms with van der Waals surface area (Å²) in [6.45, 7) is 5.70. The van der Waals surface area contributed by atoms with Crippen LogP contribution in [0, 0.1) is 5.92 Å². The van der Waals surface area contributed by atoms with Crippen molar-refractivity contribution in [1.29, 1.82) is 0 Å². The number of carbonyl (C=O) groups is 2. The highest BCUT2D eigenvalue weighted by Gasteiger charge is 2.22. The average Bonchev–Trinajstić information content (AvgIpc) is 2.26. The molecule has 1 aliphatic rings. The molecule has 1 fully saturated rings. The summed E-state index contributed by atoms with van der Waals surface area (Å²) in [5, 5.41) is 2.94. The highest BCUT2D eigenvalue weighted by molar-refractivity contribution is 5.77. The molecule has 1 saturated heterocycles. The number of carbonyl (C=O) groups excluding carboxylic acids is 2. The van der Waals surface area contributed by atoms with Crippen LogP contribution in [0.2, 0.25) is 0 Å². The Morgan fingerprint density at radius 3 is 2.69 bits per heavy atom. The minimum absolute atomic E-state index is 0.183. The first-order valence-electron chi connectivity index (χ1n) is 5.82. The van der Waals surface area contributed by atoms with Crippen LogP contribution in [-0.2, 0) is 9.59 Å². The molecule has 0 spiro atoms. The molecule has 5 nitrogen and oxygen atoms in total. The maximum Gasteiger partial charge on any atom is 0.231 e. The van der Waals surface area contributed by atoms with Crippen LogP contribution in [0.5, 0.6) is 0 Å². The molecule has 3 N–H and O–H groups in total. The van der Waals surface area contributed by atoms with E-state index in [9.17, 15) is 9.59 Å². The van der Waals surface area contributed by atoms with E-state index in [1.807, 2.05) is 20.9 Å². The van der Waals surface area contributed by atoms with Crippen LogP contribution in [0.15, 0.2) is 0 Å². The van der Waals surface area contributed by atoms with Crippen LogP contribution in [-0.4, -0.2) is 43.4 Å². The highest BCUT2D eigenvalue weighted by atomic mass is 16.2. The molecule has 0 aliphatic carbocycles. The first kappa shape index (κ1) is 14.9. The van der Waals surface area contributed by atoms with Gasteiger partial charge in [-0.1, -0.05) is 13.8 Å². The Labute approximate surface area is 97.4 Å². The van der Waals surface area contributed by atoms with E-state index in [0.717, 1.165) is 13.0 Å². The zero-order chi connectivity index (χ0) is 12.6. The predicted octanol–water partition coefficient (Wildman–Crippen LogP) is -0.0441. The molecule has 2 amide bonds. The first-order valence-corrected chi connectivity index (χ1v) is 5.82. The molecule has 5 heteroatoms. The molecular formula is C11H23N3O2. The van der Waals surface area contributed by atoms with Crippen molar-refractivity contribution in [3.05, 3.63) is 0 Å². The zero-order valence-corrected chi connectivity index (χ0v) is 10.5. The highest BCUT2D eigenvalue weighted by Crippen LogP contribution is 2.15. The quantitative estimate of drug-likeness (QED) is 0.710. The molecule has 0 aromatic carbocycles. The van der Waals surface area contributed by atoms with E-state index in [1.54, 1.807) is 4.90 Å². The summed E-state index contributed by atoms with van der Waals surface area (Å²) in [5.74, 6) is 0.171. The van der Waals surface area contributed by atoms with Gasteiger partial charge in [-0.3, -0.25) is 9.59 Å². The summed E-state index contributed by atoms with van der Waals surface area (Å²) in [6, 6.07) is 0. The van der Waals surface area contributed by atoms with Gasteiger partial charge in [0.05, 0.1) is 6.54 Å². The summed E-state index contributed by atoms with van der Waals surface area (Å²) in [4.78, 5) is 23.5. The number of amides is 2. The van der Waals surface area contributed by atoms with Crippen molar-refractivity contribution in [1.82, 2.24) is 10.2 Å². The lowest BCUT2D eigenvalue weighted by atomic mass is 9.96. The summed E-state index contributed by atoms with van der Waals surface area (Å²) in [7, 11) is 1.81. The second kappa shape index (κ2) is 8.10. The van der Waals surface area contributed by atoms with Gasteiger partial charge in [0.15, 0.2) is 0 Å². The normalized spacial score (nSPS) is 20.1. The number of hydrogen-bond acceptors (Lipinski definition) is 3. The Hall–Kier alpha value is -1.10. The number of nitrogens with two attached hydrogens (primary N) is 1. The van der Waals surface area contributed by atoms with Gasteiger partial charge in [-0.25, -0.2) is 0 Å². The Kier molecular flexibility index (Phi) is 7.54. The lowest BCUT2D eigenvalue weighted by Crippen LogP contribution is -2.40. The number of primary amides is 1. The van der Waals surface area contributed by atoms with Crippen molar-refractivity contribution in [3.8, 4) is 0 Å². The largest absolute Gasteiger partial charge is 0.369 e. The van der Waals surface area contributed by atoms with Gasteiger partial charge in [0.1, 0.15) is 0 Å². The number of rotatable bonds is 4. The summed E-state index contributed by atoms with van der Waals surface area (Å²) >= 11 is 0. The van der Waals surface area contributed by atoms with E-state index in [-0.39, 0.29) is 18.4 Å². The minimum Gasteiger partial charge on any atom is -0.369 e. The average molecular weight is 229 g/mol. The molecule has 16 heavy (non-hydrogen) atoms. The van der Waals surface area contributed by atoms with E-state index in [1.165, 1.54) is 0 Å². The van der Waals surface area contributed by atoms with Crippen molar-refractivity contribution in [2.75, 3.05) is 26.7 Å². The predicted molar refractivity (Wildman–Crippen MR) is 63.8 cm³/mol. The summed E-state index contributed by atoms with van der Waals surface area (Å²) in [5.41, 5.74) is 4.98. The fourth-order valence-corrected chi connectivity index (χ4v) is 1.58. The Morgan fingerprint density at radius 2 is 2.19 bits per heavy atom. The molecule has 0 aromatic rings. The Bertz CT molecular complexity index is 231. The molecule has 0 aromatic heterocycles. The van der Waals surface area contributed by atoms with Crippen LogP contribution < -0.4 is 11.1 Å². The Balaban J connectivity index is 0.00000106. The number of hydrogen-bond donors (Lipinski definition) is 2. The lowest BCUT2D eigenvalue weighted by Gasteiger charge is -2.28. The maximum absolute atomic E-state index is 11.3. The zero-order valence-electron chi connectivity index (χ0n) is 10.5. The second-order valence-corrected chi connectivity index (χ2v) is 3.77. The Morgan fingerprint density at radius 1 is 1.56 bits per heavy atom. The van der Waals surface area contributed by atoms with Gasteiger partial charge in [0.2, 0.25) is 11.8 Å². The molecular weight excluding hydrogens is 206 g/mol. The van der Waals surface area contributed by atoms with E-state index in [2.05, 4.69) is 5.32 Å². The lowest BCUT2D eigenvalue weighted by molar-refractivity contribution is -0.133. The number of nitrogens with zero attached hydrogens (tertiary/aromatic N) is 1. The monoisotopic (exact) mass is 229 g/mol. The first-order chi connectivity index (χ1) is 7.59. The van der Waals surface area contributed by atoms with Gasteiger partial charge in [-0.05, 0) is 18.9 Å². The smallest absolute Gasteiger partial charge is 0.231 e. The van der Waals surface area contributed by atoms with Crippen LogP contribution in [0.25, 0.3) is 0 Å². The SMILES string of the molecule is CC.CN1CCC(CNCC(N)=O)CC1=O. The molecule has 0 bridgehead atoms. The summed E-state index contributed by atoms with van der Waals surface area (Å²) < 4.78 is 0. The van der Waals surface area contributed by atoms with Crippen molar-refractivity contribution in [2.45, 2.75) is 26.7 Å². The van der Waals surface area contributed by atoms with Crippen LogP contribution in [0.3, 0.4) is 0 Å². The van der Waals surface area contributed by atoms with Crippen LogP contribution in [0.1, 0.15) is 26.7 Å². The third kappa shape index (κ3) is 5.70. The van der Waals surface area contributed by atoms with E-state index < -0.39 is 0 Å². The van der Waals surface area contributed by atoms with Crippen LogP contribution in [0.4, 0.5) is 0 Å². The molecule has 0 saturated carbocycles. The maximum atomic E-state index is 11.3. The van der Waals surface area contributed by atoms with E-state index in [4.69, 9.17) is 5.73 Å². The fraction of sp³-hybridized carbons (Fsp3) is 0.818. The van der Waals surface area contributed by atoms with Gasteiger partial charge in [-0.15, -0.1) is 0 Å². The standard InChI is InChI=1S/C9H17N3O2.C2H6/c1-12-3-2-7(4-9(12)14)5-11-6-8(10)13;1-2/h7,11H,2-6H2,1H3,(H2,10,13);1-2H3. The molecule has 1 rings (SSSR count). The fourth-order valence-electron chi connectivity index (χ4n) is 1.58. The number of piperidine rings is 1.